The lowest BCUT2D eigenvalue weighted by Crippen LogP contribution is -2.45. The van der Waals surface area contributed by atoms with Crippen LogP contribution in [0.5, 0.6) is 0 Å². The summed E-state index contributed by atoms with van der Waals surface area (Å²) in [6.45, 7) is 7.86. The Labute approximate surface area is 145 Å². The number of carbonyl (C=O) groups excluding carboxylic acids is 1. The molecule has 0 radical (unpaired) electrons. The van der Waals surface area contributed by atoms with Gasteiger partial charge in [0.05, 0.1) is 16.6 Å². The molecule has 1 atom stereocenters. The fourth-order valence-electron chi connectivity index (χ4n) is 3.04. The highest BCUT2D eigenvalue weighted by atomic mass is 32.1. The van der Waals surface area contributed by atoms with Crippen molar-refractivity contribution in [1.29, 1.82) is 0 Å². The summed E-state index contributed by atoms with van der Waals surface area (Å²) >= 11 is 1.70. The minimum Gasteiger partial charge on any atom is -0.339 e. The molecule has 2 aromatic heterocycles. The van der Waals surface area contributed by atoms with E-state index in [-0.39, 0.29) is 11.9 Å². The molecule has 0 spiro atoms. The second-order valence-corrected chi connectivity index (χ2v) is 7.48. The van der Waals surface area contributed by atoms with Crippen molar-refractivity contribution < 1.29 is 9.32 Å². The summed E-state index contributed by atoms with van der Waals surface area (Å²) in [6.07, 6.45) is 2.75. The second kappa shape index (κ2) is 7.29. The molecule has 2 amide bonds. The molecule has 0 saturated carbocycles. The first-order valence-electron chi connectivity index (χ1n) is 8.29. The summed E-state index contributed by atoms with van der Waals surface area (Å²) in [7, 11) is 0. The molecule has 3 heterocycles. The standard InChI is InChI=1S/C16H23N5O2S/c1-10-14(24-12(3)18-10)6-7-17-16(22)21-8-4-5-13(9-21)15-19-11(2)20-23-15/h13H,4-9H2,1-3H3,(H,17,22)/t13-/m0/s1. The van der Waals surface area contributed by atoms with E-state index in [4.69, 9.17) is 4.52 Å². The van der Waals surface area contributed by atoms with Crippen molar-refractivity contribution in [2.45, 2.75) is 46.0 Å². The summed E-state index contributed by atoms with van der Waals surface area (Å²) in [6, 6.07) is -0.0187. The number of aryl methyl sites for hydroxylation is 3. The number of hydrogen-bond donors (Lipinski definition) is 1. The average molecular weight is 349 g/mol. The van der Waals surface area contributed by atoms with Gasteiger partial charge in [0.2, 0.25) is 5.89 Å². The minimum atomic E-state index is -0.0187. The third-order valence-corrected chi connectivity index (χ3v) is 5.36. The van der Waals surface area contributed by atoms with Gasteiger partial charge >= 0.3 is 6.03 Å². The number of nitrogens with one attached hydrogen (secondary N) is 1. The zero-order chi connectivity index (χ0) is 17.1. The van der Waals surface area contributed by atoms with Gasteiger partial charge in [-0.05, 0) is 33.6 Å². The number of urea groups is 1. The lowest BCUT2D eigenvalue weighted by molar-refractivity contribution is 0.172. The first kappa shape index (κ1) is 16.9. The van der Waals surface area contributed by atoms with Gasteiger partial charge in [-0.1, -0.05) is 5.16 Å². The van der Waals surface area contributed by atoms with Gasteiger partial charge < -0.3 is 14.7 Å². The summed E-state index contributed by atoms with van der Waals surface area (Å²) < 4.78 is 5.26. The molecule has 0 unspecified atom stereocenters. The highest BCUT2D eigenvalue weighted by Gasteiger charge is 2.28. The monoisotopic (exact) mass is 349 g/mol. The van der Waals surface area contributed by atoms with Gasteiger partial charge in [0.15, 0.2) is 5.82 Å². The molecule has 1 fully saturated rings. The van der Waals surface area contributed by atoms with Gasteiger partial charge in [-0.15, -0.1) is 11.3 Å². The predicted molar refractivity (Wildman–Crippen MR) is 91.3 cm³/mol. The molecule has 24 heavy (non-hydrogen) atoms. The molecule has 1 saturated heterocycles. The van der Waals surface area contributed by atoms with E-state index in [9.17, 15) is 4.79 Å². The van der Waals surface area contributed by atoms with Crippen LogP contribution in [0.1, 0.15) is 46.1 Å². The van der Waals surface area contributed by atoms with Crippen LogP contribution in [-0.2, 0) is 6.42 Å². The SMILES string of the molecule is Cc1noc([C@H]2CCCN(C(=O)NCCc3sc(C)nc3C)C2)n1. The third kappa shape index (κ3) is 3.92. The number of aromatic nitrogens is 3. The fourth-order valence-corrected chi connectivity index (χ4v) is 3.98. The van der Waals surface area contributed by atoms with Crippen LogP contribution in [0.2, 0.25) is 0 Å². The normalized spacial score (nSPS) is 18.0. The van der Waals surface area contributed by atoms with Crippen LogP contribution < -0.4 is 5.32 Å². The number of amides is 2. The summed E-state index contributed by atoms with van der Waals surface area (Å²) in [4.78, 5) is 24.2. The maximum Gasteiger partial charge on any atom is 0.317 e. The fraction of sp³-hybridized carbons (Fsp3) is 0.625. The number of carbonyl (C=O) groups is 1. The maximum atomic E-state index is 12.4. The molecule has 2 aromatic rings. The molecule has 0 bridgehead atoms. The third-order valence-electron chi connectivity index (χ3n) is 4.23. The smallest absolute Gasteiger partial charge is 0.317 e. The molecule has 0 aliphatic carbocycles. The Hall–Kier alpha value is -1.96. The van der Waals surface area contributed by atoms with Crippen molar-refractivity contribution in [2.24, 2.45) is 0 Å². The van der Waals surface area contributed by atoms with Crippen LogP contribution in [-0.4, -0.2) is 45.7 Å². The maximum absolute atomic E-state index is 12.4. The lowest BCUT2D eigenvalue weighted by atomic mass is 9.98. The molecule has 8 heteroatoms. The van der Waals surface area contributed by atoms with E-state index >= 15 is 0 Å². The van der Waals surface area contributed by atoms with Crippen molar-refractivity contribution in [2.75, 3.05) is 19.6 Å². The van der Waals surface area contributed by atoms with Crippen LogP contribution >= 0.6 is 11.3 Å². The Morgan fingerprint density at radius 3 is 2.88 bits per heavy atom. The summed E-state index contributed by atoms with van der Waals surface area (Å²) in [5, 5.41) is 7.93. The number of rotatable bonds is 4. The number of likely N-dealkylation sites (tertiary alicyclic amines) is 1. The van der Waals surface area contributed by atoms with Crippen LogP contribution in [0, 0.1) is 20.8 Å². The average Bonchev–Trinajstić information content (AvgIpc) is 3.13. The predicted octanol–water partition coefficient (Wildman–Crippen LogP) is 2.58. The summed E-state index contributed by atoms with van der Waals surface area (Å²) in [5.41, 5.74) is 1.07. The zero-order valence-electron chi connectivity index (χ0n) is 14.3. The molecule has 1 aliphatic rings. The van der Waals surface area contributed by atoms with E-state index in [0.29, 0.717) is 24.8 Å². The second-order valence-electron chi connectivity index (χ2n) is 6.19. The van der Waals surface area contributed by atoms with Crippen molar-refractivity contribution >= 4 is 17.4 Å². The number of nitrogens with zero attached hydrogens (tertiary/aromatic N) is 4. The first-order valence-corrected chi connectivity index (χ1v) is 9.10. The van der Waals surface area contributed by atoms with Crippen molar-refractivity contribution in [1.82, 2.24) is 25.3 Å². The quantitative estimate of drug-likeness (QED) is 0.917. The molecule has 130 valence electrons. The minimum absolute atomic E-state index is 0.0187. The van der Waals surface area contributed by atoms with E-state index in [1.54, 1.807) is 11.3 Å². The largest absolute Gasteiger partial charge is 0.339 e. The van der Waals surface area contributed by atoms with Gasteiger partial charge in [-0.25, -0.2) is 9.78 Å². The van der Waals surface area contributed by atoms with Crippen molar-refractivity contribution in [3.05, 3.63) is 27.3 Å². The van der Waals surface area contributed by atoms with E-state index < -0.39 is 0 Å². The molecule has 1 aliphatic heterocycles. The molecule has 0 aromatic carbocycles. The van der Waals surface area contributed by atoms with Crippen molar-refractivity contribution in [3.8, 4) is 0 Å². The number of piperidine rings is 1. The molecule has 3 rings (SSSR count). The van der Waals surface area contributed by atoms with E-state index in [1.807, 2.05) is 25.7 Å². The Morgan fingerprint density at radius 1 is 1.38 bits per heavy atom. The molecular weight excluding hydrogens is 326 g/mol. The van der Waals surface area contributed by atoms with E-state index in [1.165, 1.54) is 4.88 Å². The van der Waals surface area contributed by atoms with Crippen LogP contribution in [0.25, 0.3) is 0 Å². The Morgan fingerprint density at radius 2 is 2.21 bits per heavy atom. The van der Waals surface area contributed by atoms with Gasteiger partial charge in [0.25, 0.3) is 0 Å². The molecule has 7 nitrogen and oxygen atoms in total. The lowest BCUT2D eigenvalue weighted by Gasteiger charge is -2.31. The van der Waals surface area contributed by atoms with E-state index in [0.717, 1.165) is 36.5 Å². The number of thiazole rings is 1. The zero-order valence-corrected chi connectivity index (χ0v) is 15.2. The van der Waals surface area contributed by atoms with Crippen molar-refractivity contribution in [3.63, 3.8) is 0 Å². The van der Waals surface area contributed by atoms with Crippen LogP contribution in [0.3, 0.4) is 0 Å². The molecular formula is C16H23N5O2S. The van der Waals surface area contributed by atoms with Gasteiger partial charge in [0, 0.05) is 30.9 Å². The summed E-state index contributed by atoms with van der Waals surface area (Å²) in [5.74, 6) is 1.42. The number of hydrogen-bond acceptors (Lipinski definition) is 6. The first-order chi connectivity index (χ1) is 11.5. The Bertz CT molecular complexity index is 711. The van der Waals surface area contributed by atoms with Crippen LogP contribution in [0.4, 0.5) is 4.79 Å². The highest BCUT2D eigenvalue weighted by molar-refractivity contribution is 7.11. The van der Waals surface area contributed by atoms with E-state index in [2.05, 4.69) is 20.4 Å². The Balaban J connectivity index is 1.50. The highest BCUT2D eigenvalue weighted by Crippen LogP contribution is 2.25. The van der Waals surface area contributed by atoms with Crippen LogP contribution in [0.15, 0.2) is 4.52 Å². The Kier molecular flexibility index (Phi) is 5.13. The topological polar surface area (TPSA) is 84.2 Å². The van der Waals surface area contributed by atoms with Gasteiger partial charge in [-0.2, -0.15) is 4.98 Å². The van der Waals surface area contributed by atoms with Gasteiger partial charge in [-0.3, -0.25) is 0 Å². The van der Waals surface area contributed by atoms with Gasteiger partial charge in [0.1, 0.15) is 0 Å². The molecule has 1 N–H and O–H groups in total.